The molecule has 6 heteroatoms. The van der Waals surface area contributed by atoms with Gasteiger partial charge in [-0.25, -0.2) is 8.42 Å². The molecule has 0 aliphatic carbocycles. The van der Waals surface area contributed by atoms with Crippen molar-refractivity contribution in [2.75, 3.05) is 19.4 Å². The summed E-state index contributed by atoms with van der Waals surface area (Å²) in [6, 6.07) is 0. The summed E-state index contributed by atoms with van der Waals surface area (Å²) >= 11 is 0. The second-order valence-electron chi connectivity index (χ2n) is 3.76. The Morgan fingerprint density at radius 3 is 2.79 bits per heavy atom. The van der Waals surface area contributed by atoms with Gasteiger partial charge in [-0.15, -0.1) is 0 Å². The average Bonchev–Trinajstić information content (AvgIpc) is 2.67. The van der Waals surface area contributed by atoms with Gasteiger partial charge in [0.15, 0.2) is 0 Å². The van der Waals surface area contributed by atoms with Gasteiger partial charge in [-0.3, -0.25) is 4.79 Å². The van der Waals surface area contributed by atoms with Gasteiger partial charge in [0.2, 0.25) is 10.0 Å². The Morgan fingerprint density at radius 1 is 1.43 bits per heavy atom. The maximum Gasteiger partial charge on any atom is 0.327 e. The van der Waals surface area contributed by atoms with Gasteiger partial charge in [-0.1, -0.05) is 0 Å². The number of fused-ring (bicyclic) bond motifs is 1. The van der Waals surface area contributed by atoms with E-state index in [2.05, 4.69) is 4.74 Å². The van der Waals surface area contributed by atoms with Crippen molar-refractivity contribution in [2.24, 2.45) is 0 Å². The minimum Gasteiger partial charge on any atom is -0.468 e. The van der Waals surface area contributed by atoms with Crippen LogP contribution in [0.4, 0.5) is 0 Å². The maximum atomic E-state index is 11.6. The normalized spacial score (nSPS) is 35.5. The fourth-order valence-corrected chi connectivity index (χ4v) is 4.43. The summed E-state index contributed by atoms with van der Waals surface area (Å²) in [6.45, 7) is 0.456. The van der Waals surface area contributed by atoms with Gasteiger partial charge < -0.3 is 4.74 Å². The Bertz CT molecular complexity index is 364. The molecule has 2 rings (SSSR count). The van der Waals surface area contributed by atoms with Crippen molar-refractivity contribution in [2.45, 2.75) is 24.8 Å². The molecule has 2 aliphatic heterocycles. The number of nitrogens with zero attached hydrogens (tertiary/aromatic N) is 1. The van der Waals surface area contributed by atoms with Crippen molar-refractivity contribution in [3.63, 3.8) is 0 Å². The highest BCUT2D eigenvalue weighted by Gasteiger charge is 2.58. The van der Waals surface area contributed by atoms with Gasteiger partial charge in [-0.05, 0) is 19.3 Å². The fraction of sp³-hybridized carbons (Fsp3) is 0.875. The molecule has 80 valence electrons. The summed E-state index contributed by atoms with van der Waals surface area (Å²) in [5.41, 5.74) is -0.867. The topological polar surface area (TPSA) is 63.7 Å². The number of methoxy groups -OCH3 is 1. The Labute approximate surface area is 83.1 Å². The zero-order valence-corrected chi connectivity index (χ0v) is 8.84. The van der Waals surface area contributed by atoms with E-state index in [1.165, 1.54) is 11.4 Å². The van der Waals surface area contributed by atoms with Crippen LogP contribution in [-0.2, 0) is 19.6 Å². The molecule has 0 radical (unpaired) electrons. The molecule has 0 bridgehead atoms. The highest BCUT2D eigenvalue weighted by Crippen LogP contribution is 2.41. The minimum absolute atomic E-state index is 0.0715. The zero-order valence-electron chi connectivity index (χ0n) is 8.02. The van der Waals surface area contributed by atoms with E-state index in [0.717, 1.165) is 6.42 Å². The van der Waals surface area contributed by atoms with Crippen molar-refractivity contribution in [1.82, 2.24) is 4.31 Å². The largest absolute Gasteiger partial charge is 0.468 e. The molecule has 5 nitrogen and oxygen atoms in total. The molecule has 2 aliphatic rings. The minimum atomic E-state index is -3.20. The standard InChI is InChI=1S/C8H13NO4S/c1-13-7(10)8-3-2-5-9(8)14(11,12)6-4-8/h2-6H2,1H3. The van der Waals surface area contributed by atoms with Crippen molar-refractivity contribution < 1.29 is 17.9 Å². The van der Waals surface area contributed by atoms with Crippen molar-refractivity contribution in [1.29, 1.82) is 0 Å². The lowest BCUT2D eigenvalue weighted by molar-refractivity contribution is -0.150. The van der Waals surface area contributed by atoms with Crippen LogP contribution in [0, 0.1) is 0 Å². The highest BCUT2D eigenvalue weighted by atomic mass is 32.2. The van der Waals surface area contributed by atoms with Gasteiger partial charge in [0.05, 0.1) is 12.9 Å². The average molecular weight is 219 g/mol. The van der Waals surface area contributed by atoms with Crippen LogP contribution < -0.4 is 0 Å². The first-order valence-electron chi connectivity index (χ1n) is 4.62. The second-order valence-corrected chi connectivity index (χ2v) is 5.78. The first-order valence-corrected chi connectivity index (χ1v) is 6.23. The summed E-state index contributed by atoms with van der Waals surface area (Å²) in [6.07, 6.45) is 1.72. The van der Waals surface area contributed by atoms with E-state index in [4.69, 9.17) is 0 Å². The summed E-state index contributed by atoms with van der Waals surface area (Å²) in [4.78, 5) is 11.6. The molecule has 0 aromatic heterocycles. The Morgan fingerprint density at radius 2 is 2.14 bits per heavy atom. The fourth-order valence-electron chi connectivity index (χ4n) is 2.41. The van der Waals surface area contributed by atoms with E-state index in [-0.39, 0.29) is 5.75 Å². The van der Waals surface area contributed by atoms with E-state index in [0.29, 0.717) is 19.4 Å². The van der Waals surface area contributed by atoms with Crippen LogP contribution in [0.1, 0.15) is 19.3 Å². The number of sulfonamides is 1. The molecule has 0 aromatic rings. The number of ether oxygens (including phenoxy) is 1. The number of hydrogen-bond donors (Lipinski definition) is 0. The van der Waals surface area contributed by atoms with Gasteiger partial charge in [0.1, 0.15) is 5.54 Å². The first-order chi connectivity index (χ1) is 6.53. The van der Waals surface area contributed by atoms with Gasteiger partial charge in [0, 0.05) is 6.54 Å². The number of carbonyl (C=O) groups is 1. The molecule has 0 amide bonds. The number of esters is 1. The van der Waals surface area contributed by atoms with Crippen molar-refractivity contribution >= 4 is 16.0 Å². The molecule has 0 spiro atoms. The molecular formula is C8H13NO4S. The zero-order chi connectivity index (χ0) is 10.4. The molecule has 2 saturated heterocycles. The Kier molecular flexibility index (Phi) is 2.08. The number of carbonyl (C=O) groups excluding carboxylic acids is 1. The lowest BCUT2D eigenvalue weighted by Gasteiger charge is -2.26. The van der Waals surface area contributed by atoms with Crippen molar-refractivity contribution in [3.05, 3.63) is 0 Å². The predicted octanol–water partition coefficient (Wildman–Crippen LogP) is -0.273. The first kappa shape index (κ1) is 9.92. The summed E-state index contributed by atoms with van der Waals surface area (Å²) in [5, 5.41) is 0. The summed E-state index contributed by atoms with van der Waals surface area (Å²) in [5.74, 6) is -0.335. The number of rotatable bonds is 1. The SMILES string of the molecule is COC(=O)C12CCCN1S(=O)(=O)CC2. The Hall–Kier alpha value is -0.620. The van der Waals surface area contributed by atoms with Crippen molar-refractivity contribution in [3.8, 4) is 0 Å². The molecule has 0 N–H and O–H groups in total. The molecule has 1 unspecified atom stereocenters. The third-order valence-electron chi connectivity index (χ3n) is 3.10. The Balaban J connectivity index is 2.41. The van der Waals surface area contributed by atoms with E-state index in [1.54, 1.807) is 0 Å². The van der Waals surface area contributed by atoms with E-state index in [1.807, 2.05) is 0 Å². The van der Waals surface area contributed by atoms with Crippen LogP contribution in [-0.4, -0.2) is 43.6 Å². The van der Waals surface area contributed by atoms with E-state index < -0.39 is 21.5 Å². The molecule has 14 heavy (non-hydrogen) atoms. The van der Waals surface area contributed by atoms with Crippen LogP contribution in [0.25, 0.3) is 0 Å². The maximum absolute atomic E-state index is 11.6. The van der Waals surface area contributed by atoms with Crippen LogP contribution in [0.3, 0.4) is 0 Å². The lowest BCUT2D eigenvalue weighted by Crippen LogP contribution is -2.47. The second kappa shape index (κ2) is 2.93. The van der Waals surface area contributed by atoms with E-state index >= 15 is 0 Å². The molecule has 2 heterocycles. The number of hydrogen-bond acceptors (Lipinski definition) is 4. The quantitative estimate of drug-likeness (QED) is 0.569. The van der Waals surface area contributed by atoms with Crippen LogP contribution in [0.5, 0.6) is 0 Å². The van der Waals surface area contributed by atoms with Crippen LogP contribution in [0.2, 0.25) is 0 Å². The van der Waals surface area contributed by atoms with E-state index in [9.17, 15) is 13.2 Å². The lowest BCUT2D eigenvalue weighted by atomic mass is 9.95. The van der Waals surface area contributed by atoms with Gasteiger partial charge in [-0.2, -0.15) is 4.31 Å². The third-order valence-corrected chi connectivity index (χ3v) is 5.03. The molecule has 1 atom stereocenters. The molecular weight excluding hydrogens is 206 g/mol. The smallest absolute Gasteiger partial charge is 0.327 e. The summed E-state index contributed by atoms with van der Waals surface area (Å²) in [7, 11) is -1.90. The predicted molar refractivity (Wildman–Crippen MR) is 49.1 cm³/mol. The van der Waals surface area contributed by atoms with Gasteiger partial charge >= 0.3 is 5.97 Å². The van der Waals surface area contributed by atoms with Crippen LogP contribution >= 0.6 is 0 Å². The molecule has 0 saturated carbocycles. The third kappa shape index (κ3) is 1.10. The van der Waals surface area contributed by atoms with Crippen LogP contribution in [0.15, 0.2) is 0 Å². The van der Waals surface area contributed by atoms with Gasteiger partial charge in [0.25, 0.3) is 0 Å². The highest BCUT2D eigenvalue weighted by molar-refractivity contribution is 7.89. The molecule has 2 fully saturated rings. The monoisotopic (exact) mass is 219 g/mol. The molecule has 0 aromatic carbocycles. The summed E-state index contributed by atoms with van der Waals surface area (Å²) < 4.78 is 29.2.